The quantitative estimate of drug-likeness (QED) is 0.773. The van der Waals surface area contributed by atoms with Crippen LogP contribution in [0.1, 0.15) is 55.1 Å². The first kappa shape index (κ1) is 15.1. The van der Waals surface area contributed by atoms with Crippen molar-refractivity contribution in [2.24, 2.45) is 5.92 Å². The summed E-state index contributed by atoms with van der Waals surface area (Å²) in [5, 5.41) is 0. The number of allylic oxidation sites excluding steroid dienone is 3. The van der Waals surface area contributed by atoms with Gasteiger partial charge in [0.2, 0.25) is 0 Å². The fourth-order valence-electron chi connectivity index (χ4n) is 4.09. The summed E-state index contributed by atoms with van der Waals surface area (Å²) in [6.45, 7) is 11.1. The summed E-state index contributed by atoms with van der Waals surface area (Å²) in [6, 6.07) is 6.17. The van der Waals surface area contributed by atoms with Crippen LogP contribution in [0.25, 0.3) is 0 Å². The van der Waals surface area contributed by atoms with E-state index in [1.54, 1.807) is 0 Å². The summed E-state index contributed by atoms with van der Waals surface area (Å²) in [7, 11) is 0. The molecule has 0 fully saturated rings. The zero-order chi connectivity index (χ0) is 15.9. The van der Waals surface area contributed by atoms with Crippen molar-refractivity contribution in [3.05, 3.63) is 58.8 Å². The number of hydrogen-bond donors (Lipinski definition) is 0. The molecule has 22 heavy (non-hydrogen) atoms. The SMILES string of the molecule is CCN(CC)C1=CC2C(C=C1)c1ccc(C=O)cc1C2(C)C. The van der Waals surface area contributed by atoms with Crippen molar-refractivity contribution in [1.29, 1.82) is 0 Å². The smallest absolute Gasteiger partial charge is 0.150 e. The predicted octanol–water partition coefficient (Wildman–Crippen LogP) is 4.29. The monoisotopic (exact) mass is 295 g/mol. The Bertz CT molecular complexity index is 650. The zero-order valence-corrected chi connectivity index (χ0v) is 14.0. The largest absolute Gasteiger partial charge is 0.372 e. The Morgan fingerprint density at radius 1 is 1.23 bits per heavy atom. The molecule has 1 aromatic rings. The minimum absolute atomic E-state index is 0.0577. The molecule has 0 radical (unpaired) electrons. The Morgan fingerprint density at radius 3 is 2.59 bits per heavy atom. The molecule has 3 rings (SSSR count). The van der Waals surface area contributed by atoms with Gasteiger partial charge in [-0.25, -0.2) is 0 Å². The van der Waals surface area contributed by atoms with Crippen LogP contribution in [0.3, 0.4) is 0 Å². The molecule has 2 unspecified atom stereocenters. The topological polar surface area (TPSA) is 20.3 Å². The molecule has 0 N–H and O–H groups in total. The number of fused-ring (bicyclic) bond motifs is 3. The summed E-state index contributed by atoms with van der Waals surface area (Å²) in [5.41, 5.74) is 4.88. The van der Waals surface area contributed by atoms with Crippen LogP contribution >= 0.6 is 0 Å². The van der Waals surface area contributed by atoms with Gasteiger partial charge in [0.1, 0.15) is 6.29 Å². The summed E-state index contributed by atoms with van der Waals surface area (Å²) < 4.78 is 0. The molecule has 2 atom stereocenters. The number of hydrogen-bond acceptors (Lipinski definition) is 2. The van der Waals surface area contributed by atoms with E-state index in [1.165, 1.54) is 16.8 Å². The third-order valence-corrected chi connectivity index (χ3v) is 5.44. The van der Waals surface area contributed by atoms with Crippen LogP contribution in [0.4, 0.5) is 0 Å². The summed E-state index contributed by atoms with van der Waals surface area (Å²) in [6.07, 6.45) is 8.02. The molecule has 0 heterocycles. The van der Waals surface area contributed by atoms with E-state index in [0.717, 1.165) is 24.9 Å². The Morgan fingerprint density at radius 2 is 1.95 bits per heavy atom. The lowest BCUT2D eigenvalue weighted by molar-refractivity contribution is 0.112. The Balaban J connectivity index is 2.05. The van der Waals surface area contributed by atoms with Crippen LogP contribution < -0.4 is 0 Å². The molecule has 2 nitrogen and oxygen atoms in total. The highest BCUT2D eigenvalue weighted by Crippen LogP contribution is 2.53. The number of likely N-dealkylation sites (N-methyl/N-ethyl adjacent to an activating group) is 1. The van der Waals surface area contributed by atoms with Gasteiger partial charge >= 0.3 is 0 Å². The van der Waals surface area contributed by atoms with Crippen molar-refractivity contribution < 1.29 is 4.79 Å². The van der Waals surface area contributed by atoms with Crippen LogP contribution in [0, 0.1) is 5.92 Å². The second-order valence-electron chi connectivity index (χ2n) is 6.86. The Labute approximate surface area is 133 Å². The van der Waals surface area contributed by atoms with E-state index in [9.17, 15) is 4.79 Å². The van der Waals surface area contributed by atoms with E-state index in [-0.39, 0.29) is 5.41 Å². The van der Waals surface area contributed by atoms with Crippen molar-refractivity contribution in [3.63, 3.8) is 0 Å². The molecule has 0 aliphatic heterocycles. The highest BCUT2D eigenvalue weighted by molar-refractivity contribution is 5.76. The third kappa shape index (κ3) is 2.13. The predicted molar refractivity (Wildman–Crippen MR) is 91.2 cm³/mol. The van der Waals surface area contributed by atoms with Crippen LogP contribution in [0.2, 0.25) is 0 Å². The minimum Gasteiger partial charge on any atom is -0.372 e. The molecule has 0 bridgehead atoms. The van der Waals surface area contributed by atoms with Gasteiger partial charge in [0.25, 0.3) is 0 Å². The van der Waals surface area contributed by atoms with Crippen molar-refractivity contribution >= 4 is 6.29 Å². The van der Waals surface area contributed by atoms with Gasteiger partial charge < -0.3 is 4.90 Å². The first-order valence-electron chi connectivity index (χ1n) is 8.27. The highest BCUT2D eigenvalue weighted by atomic mass is 16.1. The minimum atomic E-state index is 0.0577. The number of benzene rings is 1. The van der Waals surface area contributed by atoms with Gasteiger partial charge in [0.15, 0.2) is 0 Å². The standard InChI is InChI=1S/C20H25NO/c1-5-21(6-2)15-8-10-17-16-9-7-14(13-22)11-18(16)20(3,4)19(17)12-15/h7-13,17,19H,5-6H2,1-4H3. The van der Waals surface area contributed by atoms with E-state index in [1.807, 2.05) is 6.07 Å². The van der Waals surface area contributed by atoms with Gasteiger partial charge in [-0.05, 0) is 48.4 Å². The maximum atomic E-state index is 11.1. The number of aldehydes is 1. The number of carbonyl (C=O) groups excluding carboxylic acids is 1. The number of nitrogens with zero attached hydrogens (tertiary/aromatic N) is 1. The maximum absolute atomic E-state index is 11.1. The molecule has 1 aromatic carbocycles. The van der Waals surface area contributed by atoms with E-state index < -0.39 is 0 Å². The van der Waals surface area contributed by atoms with E-state index >= 15 is 0 Å². The summed E-state index contributed by atoms with van der Waals surface area (Å²) in [5.74, 6) is 0.898. The van der Waals surface area contributed by atoms with Gasteiger partial charge in [-0.3, -0.25) is 4.79 Å². The van der Waals surface area contributed by atoms with Crippen molar-refractivity contribution in [2.45, 2.75) is 39.0 Å². The average molecular weight is 295 g/mol. The lowest BCUT2D eigenvalue weighted by atomic mass is 9.74. The van der Waals surface area contributed by atoms with Gasteiger partial charge in [0, 0.05) is 30.3 Å². The molecular formula is C20H25NO. The molecule has 0 aromatic heterocycles. The Kier molecular flexibility index (Phi) is 3.72. The number of carbonyl (C=O) groups is 1. The van der Waals surface area contributed by atoms with E-state index in [4.69, 9.17) is 0 Å². The fraction of sp³-hybridized carbons (Fsp3) is 0.450. The van der Waals surface area contributed by atoms with Crippen LogP contribution in [0.15, 0.2) is 42.1 Å². The van der Waals surface area contributed by atoms with Gasteiger partial charge in [0.05, 0.1) is 0 Å². The van der Waals surface area contributed by atoms with Crippen molar-refractivity contribution in [3.8, 4) is 0 Å². The molecule has 2 aliphatic carbocycles. The molecule has 0 spiro atoms. The van der Waals surface area contributed by atoms with Gasteiger partial charge in [-0.1, -0.05) is 38.1 Å². The zero-order valence-electron chi connectivity index (χ0n) is 14.0. The number of rotatable bonds is 4. The van der Waals surface area contributed by atoms with Gasteiger partial charge in [-0.2, -0.15) is 0 Å². The normalized spacial score (nSPS) is 24.5. The molecule has 0 saturated carbocycles. The lowest BCUT2D eigenvalue weighted by Gasteiger charge is -2.33. The van der Waals surface area contributed by atoms with Gasteiger partial charge in [-0.15, -0.1) is 0 Å². The third-order valence-electron chi connectivity index (χ3n) is 5.44. The molecule has 2 heteroatoms. The van der Waals surface area contributed by atoms with E-state index in [0.29, 0.717) is 11.8 Å². The molecule has 2 aliphatic rings. The highest BCUT2D eigenvalue weighted by Gasteiger charge is 2.45. The van der Waals surface area contributed by atoms with Crippen LogP contribution in [-0.4, -0.2) is 24.3 Å². The second-order valence-corrected chi connectivity index (χ2v) is 6.86. The maximum Gasteiger partial charge on any atom is 0.150 e. The lowest BCUT2D eigenvalue weighted by Crippen LogP contribution is -2.29. The molecular weight excluding hydrogens is 270 g/mol. The average Bonchev–Trinajstić information content (AvgIpc) is 2.76. The van der Waals surface area contributed by atoms with E-state index in [2.05, 4.69) is 63.0 Å². The van der Waals surface area contributed by atoms with Crippen molar-refractivity contribution in [2.75, 3.05) is 13.1 Å². The van der Waals surface area contributed by atoms with Crippen LogP contribution in [0.5, 0.6) is 0 Å². The van der Waals surface area contributed by atoms with Crippen molar-refractivity contribution in [1.82, 2.24) is 4.90 Å². The Hall–Kier alpha value is -1.83. The summed E-state index contributed by atoms with van der Waals surface area (Å²) >= 11 is 0. The fourth-order valence-corrected chi connectivity index (χ4v) is 4.09. The first-order chi connectivity index (χ1) is 10.5. The molecule has 0 amide bonds. The summed E-state index contributed by atoms with van der Waals surface area (Å²) in [4.78, 5) is 13.5. The molecule has 0 saturated heterocycles. The molecule has 116 valence electrons. The van der Waals surface area contributed by atoms with Crippen LogP contribution in [-0.2, 0) is 5.41 Å². The second kappa shape index (κ2) is 5.42. The first-order valence-corrected chi connectivity index (χ1v) is 8.27.